The molecular formula is C11H16N2O2S. The number of para-hydroxylation sites is 1. The maximum atomic E-state index is 11.0. The number of ether oxygens (including phenoxy) is 1. The monoisotopic (exact) mass is 240 g/mol. The number of hydrogen-bond donors (Lipinski definition) is 2. The standard InChI is InChI=1S/C11H16N2O2S/c1-13-8(11(12)14)7-16-10-6-4-3-5-9(10)15-2/h3-6,8,13H,7H2,1-2H3,(H2,12,14). The van der Waals surface area contributed by atoms with E-state index >= 15 is 0 Å². The van der Waals surface area contributed by atoms with Crippen molar-refractivity contribution in [3.63, 3.8) is 0 Å². The predicted octanol–water partition coefficient (Wildman–Crippen LogP) is 0.861. The Morgan fingerprint density at radius 1 is 1.56 bits per heavy atom. The summed E-state index contributed by atoms with van der Waals surface area (Å²) in [5.41, 5.74) is 5.24. The summed E-state index contributed by atoms with van der Waals surface area (Å²) in [6, 6.07) is 7.36. The van der Waals surface area contributed by atoms with Crippen LogP contribution in [0, 0.1) is 0 Å². The van der Waals surface area contributed by atoms with E-state index in [1.54, 1.807) is 25.9 Å². The number of rotatable bonds is 6. The molecule has 16 heavy (non-hydrogen) atoms. The average molecular weight is 240 g/mol. The molecule has 0 bridgehead atoms. The fourth-order valence-electron chi connectivity index (χ4n) is 1.22. The van der Waals surface area contributed by atoms with Gasteiger partial charge in [-0.25, -0.2) is 0 Å². The number of carbonyl (C=O) groups excluding carboxylic acids is 1. The number of amides is 1. The second-order valence-electron chi connectivity index (χ2n) is 3.21. The lowest BCUT2D eigenvalue weighted by atomic mass is 10.3. The first-order chi connectivity index (χ1) is 7.69. The van der Waals surface area contributed by atoms with Crippen molar-refractivity contribution in [2.45, 2.75) is 10.9 Å². The van der Waals surface area contributed by atoms with E-state index in [2.05, 4.69) is 5.32 Å². The molecule has 0 saturated carbocycles. The second kappa shape index (κ2) is 6.40. The van der Waals surface area contributed by atoms with Crippen molar-refractivity contribution in [2.24, 2.45) is 5.73 Å². The summed E-state index contributed by atoms with van der Waals surface area (Å²) in [5, 5.41) is 2.87. The summed E-state index contributed by atoms with van der Waals surface area (Å²) in [7, 11) is 3.35. The van der Waals surface area contributed by atoms with E-state index in [9.17, 15) is 4.79 Å². The lowest BCUT2D eigenvalue weighted by Gasteiger charge is -2.13. The van der Waals surface area contributed by atoms with Gasteiger partial charge in [-0.2, -0.15) is 0 Å². The van der Waals surface area contributed by atoms with Crippen LogP contribution in [0.4, 0.5) is 0 Å². The zero-order valence-corrected chi connectivity index (χ0v) is 10.2. The first-order valence-electron chi connectivity index (χ1n) is 4.91. The maximum absolute atomic E-state index is 11.0. The van der Waals surface area contributed by atoms with Gasteiger partial charge in [-0.1, -0.05) is 12.1 Å². The van der Waals surface area contributed by atoms with E-state index in [-0.39, 0.29) is 11.9 Å². The van der Waals surface area contributed by atoms with Crippen LogP contribution in [-0.2, 0) is 4.79 Å². The number of nitrogens with two attached hydrogens (primary N) is 1. The summed E-state index contributed by atoms with van der Waals surface area (Å²) in [6.07, 6.45) is 0. The summed E-state index contributed by atoms with van der Waals surface area (Å²) in [5.74, 6) is 1.06. The molecule has 1 amide bonds. The normalized spacial score (nSPS) is 12.1. The molecule has 1 atom stereocenters. The first kappa shape index (κ1) is 12.9. The predicted molar refractivity (Wildman–Crippen MR) is 65.8 cm³/mol. The zero-order chi connectivity index (χ0) is 12.0. The Bertz CT molecular complexity index is 358. The lowest BCUT2D eigenvalue weighted by Crippen LogP contribution is -2.41. The Balaban J connectivity index is 2.63. The molecule has 0 saturated heterocycles. The number of hydrogen-bond acceptors (Lipinski definition) is 4. The number of nitrogens with one attached hydrogen (secondary N) is 1. The van der Waals surface area contributed by atoms with E-state index in [1.807, 2.05) is 24.3 Å². The van der Waals surface area contributed by atoms with Gasteiger partial charge in [0.05, 0.1) is 13.2 Å². The minimum absolute atomic E-state index is 0.324. The van der Waals surface area contributed by atoms with E-state index in [0.29, 0.717) is 5.75 Å². The molecule has 0 heterocycles. The van der Waals surface area contributed by atoms with Gasteiger partial charge in [-0.3, -0.25) is 4.79 Å². The molecule has 0 aliphatic carbocycles. The minimum Gasteiger partial charge on any atom is -0.496 e. The van der Waals surface area contributed by atoms with Crippen LogP contribution in [-0.4, -0.2) is 31.9 Å². The summed E-state index contributed by atoms with van der Waals surface area (Å²) in [4.78, 5) is 12.0. The van der Waals surface area contributed by atoms with Gasteiger partial charge in [0.15, 0.2) is 0 Å². The molecule has 1 unspecified atom stereocenters. The van der Waals surface area contributed by atoms with Crippen molar-refractivity contribution >= 4 is 17.7 Å². The van der Waals surface area contributed by atoms with Crippen LogP contribution in [0.1, 0.15) is 0 Å². The molecule has 1 aromatic rings. The summed E-state index contributed by atoms with van der Waals surface area (Å²) >= 11 is 1.54. The third-order valence-electron chi connectivity index (χ3n) is 2.17. The van der Waals surface area contributed by atoms with Crippen LogP contribution >= 0.6 is 11.8 Å². The summed E-state index contributed by atoms with van der Waals surface area (Å²) < 4.78 is 5.21. The zero-order valence-electron chi connectivity index (χ0n) is 9.40. The smallest absolute Gasteiger partial charge is 0.235 e. The number of carbonyl (C=O) groups is 1. The van der Waals surface area contributed by atoms with Gasteiger partial charge < -0.3 is 15.8 Å². The molecule has 0 radical (unpaired) electrons. The lowest BCUT2D eigenvalue weighted by molar-refractivity contribution is -0.119. The van der Waals surface area contributed by atoms with Gasteiger partial charge >= 0.3 is 0 Å². The number of primary amides is 1. The highest BCUT2D eigenvalue weighted by atomic mass is 32.2. The number of likely N-dealkylation sites (N-methyl/N-ethyl adjacent to an activating group) is 1. The van der Waals surface area contributed by atoms with E-state index in [0.717, 1.165) is 10.6 Å². The highest BCUT2D eigenvalue weighted by Crippen LogP contribution is 2.28. The van der Waals surface area contributed by atoms with E-state index in [1.165, 1.54) is 0 Å². The highest BCUT2D eigenvalue weighted by molar-refractivity contribution is 7.99. The highest BCUT2D eigenvalue weighted by Gasteiger charge is 2.13. The molecule has 1 aromatic carbocycles. The van der Waals surface area contributed by atoms with Crippen LogP contribution in [0.5, 0.6) is 5.75 Å². The molecule has 0 spiro atoms. The van der Waals surface area contributed by atoms with Crippen molar-refractivity contribution in [3.05, 3.63) is 24.3 Å². The average Bonchev–Trinajstić information content (AvgIpc) is 2.30. The topological polar surface area (TPSA) is 64.3 Å². The third-order valence-corrected chi connectivity index (χ3v) is 3.31. The SMILES string of the molecule is CNC(CSc1ccccc1OC)C(N)=O. The van der Waals surface area contributed by atoms with Crippen molar-refractivity contribution in [3.8, 4) is 5.75 Å². The molecule has 88 valence electrons. The second-order valence-corrected chi connectivity index (χ2v) is 4.27. The molecule has 1 rings (SSSR count). The van der Waals surface area contributed by atoms with Crippen molar-refractivity contribution in [2.75, 3.05) is 19.9 Å². The molecule has 0 aliphatic rings. The minimum atomic E-state index is -0.343. The van der Waals surface area contributed by atoms with Gasteiger partial charge in [0.25, 0.3) is 0 Å². The van der Waals surface area contributed by atoms with Crippen LogP contribution in [0.2, 0.25) is 0 Å². The van der Waals surface area contributed by atoms with Crippen LogP contribution in [0.25, 0.3) is 0 Å². The summed E-state index contributed by atoms with van der Waals surface area (Å²) in [6.45, 7) is 0. The van der Waals surface area contributed by atoms with Crippen LogP contribution in [0.15, 0.2) is 29.2 Å². The molecule has 3 N–H and O–H groups in total. The Morgan fingerprint density at radius 2 is 2.25 bits per heavy atom. The van der Waals surface area contributed by atoms with Crippen molar-refractivity contribution in [1.82, 2.24) is 5.32 Å². The molecule has 4 nitrogen and oxygen atoms in total. The maximum Gasteiger partial charge on any atom is 0.235 e. The molecule has 0 aliphatic heterocycles. The van der Waals surface area contributed by atoms with E-state index < -0.39 is 0 Å². The fourth-order valence-corrected chi connectivity index (χ4v) is 2.36. The largest absolute Gasteiger partial charge is 0.496 e. The van der Waals surface area contributed by atoms with Crippen molar-refractivity contribution < 1.29 is 9.53 Å². The molecular weight excluding hydrogens is 224 g/mol. The van der Waals surface area contributed by atoms with Crippen LogP contribution in [0.3, 0.4) is 0 Å². The molecule has 5 heteroatoms. The van der Waals surface area contributed by atoms with Gasteiger partial charge in [-0.05, 0) is 19.2 Å². The number of methoxy groups -OCH3 is 1. The third kappa shape index (κ3) is 3.43. The first-order valence-corrected chi connectivity index (χ1v) is 5.90. The Kier molecular flexibility index (Phi) is 5.14. The van der Waals surface area contributed by atoms with Gasteiger partial charge in [-0.15, -0.1) is 11.8 Å². The molecule has 0 aromatic heterocycles. The van der Waals surface area contributed by atoms with Gasteiger partial charge in [0, 0.05) is 10.6 Å². The number of benzene rings is 1. The number of thioether (sulfide) groups is 1. The van der Waals surface area contributed by atoms with Crippen LogP contribution < -0.4 is 15.8 Å². The Labute approximate surface area is 99.5 Å². The Morgan fingerprint density at radius 3 is 2.81 bits per heavy atom. The van der Waals surface area contributed by atoms with Gasteiger partial charge in [0.2, 0.25) is 5.91 Å². The van der Waals surface area contributed by atoms with E-state index in [4.69, 9.17) is 10.5 Å². The van der Waals surface area contributed by atoms with Gasteiger partial charge in [0.1, 0.15) is 5.75 Å². The van der Waals surface area contributed by atoms with Crippen molar-refractivity contribution in [1.29, 1.82) is 0 Å². The quantitative estimate of drug-likeness (QED) is 0.724. The molecule has 0 fully saturated rings. The Hall–Kier alpha value is -1.20. The fraction of sp³-hybridized carbons (Fsp3) is 0.364.